The molecule has 1 heterocycles. The molecule has 0 saturated heterocycles. The Kier molecular flexibility index (Phi) is 5.16. The van der Waals surface area contributed by atoms with Crippen LogP contribution in [0.4, 0.5) is 0 Å². The molecule has 0 aliphatic rings. The monoisotopic (exact) mass is 443 g/mol. The lowest BCUT2D eigenvalue weighted by Crippen LogP contribution is -2.12. The highest BCUT2D eigenvalue weighted by atomic mass is 31.2. The zero-order valence-corrected chi connectivity index (χ0v) is 18.7. The van der Waals surface area contributed by atoms with Gasteiger partial charge in [-0.15, -0.1) is 0 Å². The Morgan fingerprint density at radius 3 is 2.31 bits per heavy atom. The van der Waals surface area contributed by atoms with Crippen LogP contribution in [0.2, 0.25) is 0 Å². The molecule has 5 rings (SSSR count). The van der Waals surface area contributed by atoms with E-state index in [1.165, 1.54) is 0 Å². The molecule has 0 amide bonds. The van der Waals surface area contributed by atoms with Gasteiger partial charge in [0.2, 0.25) is 13.3 Å². The van der Waals surface area contributed by atoms with Gasteiger partial charge in [0, 0.05) is 6.66 Å². The summed E-state index contributed by atoms with van der Waals surface area (Å²) in [5, 5.41) is 4.22. The van der Waals surface area contributed by atoms with Crippen LogP contribution in [0.15, 0.2) is 88.1 Å². The molecule has 0 aliphatic carbocycles. The fourth-order valence-corrected chi connectivity index (χ4v) is 6.20. The molecule has 160 valence electrons. The molecule has 5 aromatic rings. The quantitative estimate of drug-likeness (QED) is 0.228. The van der Waals surface area contributed by atoms with Crippen molar-refractivity contribution < 1.29 is 13.5 Å². The molecular formula is C26H22NO4P. The third-order valence-corrected chi connectivity index (χ3v) is 7.93. The predicted octanol–water partition coefficient (Wildman–Crippen LogP) is 6.53. The normalized spacial score (nSPS) is 14.6. The lowest BCUT2D eigenvalue weighted by atomic mass is 10.0. The van der Waals surface area contributed by atoms with Crippen molar-refractivity contribution in [1.82, 2.24) is 4.98 Å². The molecule has 0 spiro atoms. The van der Waals surface area contributed by atoms with Gasteiger partial charge in [0.15, 0.2) is 0 Å². The molecule has 0 bridgehead atoms. The van der Waals surface area contributed by atoms with E-state index in [1.807, 2.05) is 72.8 Å². The highest BCUT2D eigenvalue weighted by molar-refractivity contribution is 7.58. The summed E-state index contributed by atoms with van der Waals surface area (Å²) in [5.74, 6) is 0.105. The molecule has 6 heteroatoms. The van der Waals surface area contributed by atoms with Gasteiger partial charge in [-0.25, -0.2) is 9.78 Å². The SMILES string of the molecule is CCOP(C)(=O)C(c1nc2cc3ccccc3cc2c(=O)o1)c1cccc2ccccc12. The van der Waals surface area contributed by atoms with Crippen LogP contribution in [-0.4, -0.2) is 18.3 Å². The molecule has 0 N–H and O–H groups in total. The zero-order chi connectivity index (χ0) is 22.3. The Morgan fingerprint density at radius 2 is 1.56 bits per heavy atom. The highest BCUT2D eigenvalue weighted by Crippen LogP contribution is 2.60. The first-order chi connectivity index (χ1) is 15.5. The number of fused-ring (bicyclic) bond motifs is 3. The summed E-state index contributed by atoms with van der Waals surface area (Å²) in [4.78, 5) is 17.7. The maximum atomic E-state index is 13.8. The topological polar surface area (TPSA) is 69.4 Å². The van der Waals surface area contributed by atoms with Crippen molar-refractivity contribution in [2.75, 3.05) is 13.3 Å². The van der Waals surface area contributed by atoms with Crippen LogP contribution in [0.25, 0.3) is 32.4 Å². The van der Waals surface area contributed by atoms with Gasteiger partial charge in [-0.3, -0.25) is 4.57 Å². The standard InChI is InChI=1S/C26H22NO4P/c1-3-30-32(2,29)24(21-14-8-12-17-9-6-7-13-20(17)21)25-27-23-16-19-11-5-4-10-18(19)15-22(23)26(28)31-25/h4-16,24H,3H2,1-2H3. The second-order valence-electron chi connectivity index (χ2n) is 7.85. The largest absolute Gasteiger partial charge is 0.407 e. The molecule has 2 atom stereocenters. The third-order valence-electron chi connectivity index (χ3n) is 5.72. The lowest BCUT2D eigenvalue weighted by molar-refractivity contribution is 0.326. The minimum Gasteiger partial charge on any atom is -0.407 e. The number of aromatic nitrogens is 1. The number of hydrogen-bond donors (Lipinski definition) is 0. The smallest absolute Gasteiger partial charge is 0.346 e. The molecule has 5 nitrogen and oxygen atoms in total. The van der Waals surface area contributed by atoms with E-state index in [1.54, 1.807) is 19.7 Å². The van der Waals surface area contributed by atoms with E-state index < -0.39 is 18.7 Å². The van der Waals surface area contributed by atoms with E-state index >= 15 is 0 Å². The van der Waals surface area contributed by atoms with Gasteiger partial charge in [0.1, 0.15) is 5.66 Å². The van der Waals surface area contributed by atoms with Crippen molar-refractivity contribution in [3.63, 3.8) is 0 Å². The van der Waals surface area contributed by atoms with Crippen LogP contribution >= 0.6 is 7.37 Å². The van der Waals surface area contributed by atoms with Crippen LogP contribution < -0.4 is 5.63 Å². The molecule has 0 radical (unpaired) electrons. The van der Waals surface area contributed by atoms with Crippen LogP contribution in [0.1, 0.15) is 24.0 Å². The fraction of sp³-hybridized carbons (Fsp3) is 0.154. The van der Waals surface area contributed by atoms with Crippen LogP contribution in [-0.2, 0) is 9.09 Å². The Labute approximate surface area is 185 Å². The number of hydrogen-bond acceptors (Lipinski definition) is 5. The second kappa shape index (κ2) is 8.01. The van der Waals surface area contributed by atoms with E-state index in [2.05, 4.69) is 0 Å². The van der Waals surface area contributed by atoms with Gasteiger partial charge in [-0.2, -0.15) is 0 Å². The molecule has 1 aromatic heterocycles. The first kappa shape index (κ1) is 20.6. The average molecular weight is 443 g/mol. The molecule has 0 aliphatic heterocycles. The van der Waals surface area contributed by atoms with Gasteiger partial charge in [-0.1, -0.05) is 66.7 Å². The number of benzene rings is 4. The van der Waals surface area contributed by atoms with Crippen molar-refractivity contribution in [2.45, 2.75) is 12.6 Å². The maximum absolute atomic E-state index is 13.8. The van der Waals surface area contributed by atoms with E-state index in [0.29, 0.717) is 10.9 Å². The van der Waals surface area contributed by atoms with Crippen molar-refractivity contribution >= 4 is 39.8 Å². The predicted molar refractivity (Wildman–Crippen MR) is 129 cm³/mol. The van der Waals surface area contributed by atoms with Crippen LogP contribution in [0.5, 0.6) is 0 Å². The Bertz CT molecular complexity index is 1570. The molecule has 32 heavy (non-hydrogen) atoms. The van der Waals surface area contributed by atoms with Crippen LogP contribution in [0, 0.1) is 0 Å². The lowest BCUT2D eigenvalue weighted by Gasteiger charge is -2.24. The van der Waals surface area contributed by atoms with Crippen molar-refractivity contribution in [1.29, 1.82) is 0 Å². The van der Waals surface area contributed by atoms with E-state index in [0.717, 1.165) is 27.1 Å². The maximum Gasteiger partial charge on any atom is 0.346 e. The van der Waals surface area contributed by atoms with Crippen LogP contribution in [0.3, 0.4) is 0 Å². The molecular weight excluding hydrogens is 421 g/mol. The fourth-order valence-electron chi connectivity index (χ4n) is 4.30. The molecule has 0 fully saturated rings. The minimum absolute atomic E-state index is 0.105. The van der Waals surface area contributed by atoms with Crippen molar-refractivity contribution in [2.24, 2.45) is 0 Å². The second-order valence-corrected chi connectivity index (χ2v) is 10.4. The van der Waals surface area contributed by atoms with Gasteiger partial charge < -0.3 is 8.94 Å². The van der Waals surface area contributed by atoms with Crippen molar-refractivity contribution in [3.8, 4) is 0 Å². The van der Waals surface area contributed by atoms with Gasteiger partial charge >= 0.3 is 5.63 Å². The summed E-state index contributed by atoms with van der Waals surface area (Å²) in [5.41, 5.74) is -0.0375. The first-order valence-corrected chi connectivity index (χ1v) is 12.6. The van der Waals surface area contributed by atoms with E-state index in [4.69, 9.17) is 13.9 Å². The summed E-state index contributed by atoms with van der Waals surface area (Å²) in [6, 6.07) is 25.1. The Balaban J connectivity index is 1.81. The van der Waals surface area contributed by atoms with Gasteiger partial charge in [0.05, 0.1) is 17.5 Å². The Hall–Kier alpha value is -3.27. The minimum atomic E-state index is -3.29. The van der Waals surface area contributed by atoms with E-state index in [9.17, 15) is 9.36 Å². The van der Waals surface area contributed by atoms with Gasteiger partial charge in [0.25, 0.3) is 0 Å². The summed E-state index contributed by atoms with van der Waals surface area (Å²) in [7, 11) is -3.29. The average Bonchev–Trinajstić information content (AvgIpc) is 2.78. The molecule has 0 saturated carbocycles. The van der Waals surface area contributed by atoms with Gasteiger partial charge in [-0.05, 0) is 46.2 Å². The summed E-state index contributed by atoms with van der Waals surface area (Å²) in [6.07, 6.45) is 0. The molecule has 4 aromatic carbocycles. The summed E-state index contributed by atoms with van der Waals surface area (Å²) >= 11 is 0. The number of rotatable bonds is 5. The third kappa shape index (κ3) is 3.54. The number of nitrogens with zero attached hydrogens (tertiary/aromatic N) is 1. The molecule has 2 unspecified atom stereocenters. The summed E-state index contributed by atoms with van der Waals surface area (Å²) in [6.45, 7) is 3.65. The van der Waals surface area contributed by atoms with E-state index in [-0.39, 0.29) is 12.5 Å². The zero-order valence-electron chi connectivity index (χ0n) is 17.8. The Morgan fingerprint density at radius 1 is 0.906 bits per heavy atom. The highest BCUT2D eigenvalue weighted by Gasteiger charge is 2.37. The summed E-state index contributed by atoms with van der Waals surface area (Å²) < 4.78 is 25.2. The van der Waals surface area contributed by atoms with Crippen molar-refractivity contribution in [3.05, 3.63) is 101 Å². The first-order valence-electron chi connectivity index (χ1n) is 10.5.